The van der Waals surface area contributed by atoms with Crippen LogP contribution in [0.25, 0.3) is 0 Å². The number of ether oxygens (including phenoxy) is 1. The highest BCUT2D eigenvalue weighted by molar-refractivity contribution is 7.13. The van der Waals surface area contributed by atoms with Crippen molar-refractivity contribution in [3.63, 3.8) is 0 Å². The molecule has 1 heterocycles. The van der Waals surface area contributed by atoms with Gasteiger partial charge < -0.3 is 9.84 Å². The van der Waals surface area contributed by atoms with E-state index in [9.17, 15) is 9.59 Å². The van der Waals surface area contributed by atoms with E-state index in [-0.39, 0.29) is 5.78 Å². The fourth-order valence-electron chi connectivity index (χ4n) is 2.44. The molecule has 0 saturated heterocycles. The van der Waals surface area contributed by atoms with Gasteiger partial charge in [0.05, 0.1) is 0 Å². The molecule has 0 spiro atoms. The predicted molar refractivity (Wildman–Crippen MR) is 79.3 cm³/mol. The van der Waals surface area contributed by atoms with E-state index < -0.39 is 5.97 Å². The summed E-state index contributed by atoms with van der Waals surface area (Å²) in [5.41, 5.74) is 1.85. The minimum atomic E-state index is -0.918. The summed E-state index contributed by atoms with van der Waals surface area (Å²) in [4.78, 5) is 23.7. The highest BCUT2D eigenvalue weighted by atomic mass is 32.1. The minimum Gasteiger partial charge on any atom is -0.488 e. The molecule has 1 aromatic heterocycles. The topological polar surface area (TPSA) is 63.6 Å². The molecule has 108 valence electrons. The number of carboxylic acids is 1. The third kappa shape index (κ3) is 2.97. The molecule has 1 aliphatic carbocycles. The number of ketones is 1. The van der Waals surface area contributed by atoms with Gasteiger partial charge in [-0.05, 0) is 48.7 Å². The van der Waals surface area contributed by atoms with Crippen molar-refractivity contribution >= 4 is 23.1 Å². The lowest BCUT2D eigenvalue weighted by Crippen LogP contribution is -2.10. The van der Waals surface area contributed by atoms with Crippen LogP contribution in [0.3, 0.4) is 0 Å². The molecular weight excluding hydrogens is 288 g/mol. The van der Waals surface area contributed by atoms with Crippen LogP contribution in [0.1, 0.15) is 43.3 Å². The van der Waals surface area contributed by atoms with Crippen molar-refractivity contribution in [2.24, 2.45) is 0 Å². The molecule has 21 heavy (non-hydrogen) atoms. The number of aryl methyl sites for hydroxylation is 1. The van der Waals surface area contributed by atoms with Gasteiger partial charge in [0.25, 0.3) is 0 Å². The van der Waals surface area contributed by atoms with E-state index in [0.29, 0.717) is 23.7 Å². The number of fused-ring (bicyclic) bond motifs is 1. The van der Waals surface area contributed by atoms with E-state index in [0.717, 1.165) is 28.8 Å². The van der Waals surface area contributed by atoms with Crippen LogP contribution in [0.2, 0.25) is 0 Å². The van der Waals surface area contributed by atoms with E-state index in [1.54, 1.807) is 18.2 Å². The van der Waals surface area contributed by atoms with Crippen LogP contribution in [-0.2, 0) is 13.0 Å². The van der Waals surface area contributed by atoms with E-state index in [1.165, 1.54) is 11.3 Å². The molecule has 2 aromatic rings. The van der Waals surface area contributed by atoms with E-state index in [1.807, 2.05) is 12.1 Å². The standard InChI is InChI=1S/C16H14O4S/c17-14-3-1-2-10-8-11(4-6-13(10)14)20-9-12-5-7-15(21-12)16(18)19/h4-8H,1-3,9H2,(H,18,19). The van der Waals surface area contributed by atoms with Crippen LogP contribution in [0.15, 0.2) is 30.3 Å². The van der Waals surface area contributed by atoms with Gasteiger partial charge in [-0.15, -0.1) is 11.3 Å². The number of rotatable bonds is 4. The van der Waals surface area contributed by atoms with Crippen molar-refractivity contribution in [2.75, 3.05) is 0 Å². The SMILES string of the molecule is O=C(O)c1ccc(COc2ccc3c(c2)CCCC3=O)s1. The zero-order valence-electron chi connectivity index (χ0n) is 11.3. The summed E-state index contributed by atoms with van der Waals surface area (Å²) < 4.78 is 5.69. The zero-order valence-corrected chi connectivity index (χ0v) is 12.1. The van der Waals surface area contributed by atoms with Gasteiger partial charge in [0.2, 0.25) is 0 Å². The lowest BCUT2D eigenvalue weighted by molar-refractivity contribution is 0.0702. The highest BCUT2D eigenvalue weighted by Crippen LogP contribution is 2.26. The maximum absolute atomic E-state index is 11.7. The first kappa shape index (κ1) is 13.8. The Balaban J connectivity index is 1.70. The maximum Gasteiger partial charge on any atom is 0.345 e. The van der Waals surface area contributed by atoms with Gasteiger partial charge in [-0.3, -0.25) is 4.79 Å². The Bertz CT molecular complexity index is 702. The van der Waals surface area contributed by atoms with Crippen LogP contribution in [0, 0.1) is 0 Å². The Morgan fingerprint density at radius 3 is 2.86 bits per heavy atom. The van der Waals surface area contributed by atoms with Gasteiger partial charge in [-0.2, -0.15) is 0 Å². The fourth-order valence-corrected chi connectivity index (χ4v) is 3.20. The molecule has 1 aromatic carbocycles. The number of carboxylic acid groups (broad SMARTS) is 1. The second kappa shape index (κ2) is 5.69. The lowest BCUT2D eigenvalue weighted by Gasteiger charge is -2.15. The van der Waals surface area contributed by atoms with Crippen molar-refractivity contribution in [3.8, 4) is 5.75 Å². The summed E-state index contributed by atoms with van der Waals surface area (Å²) in [6.07, 6.45) is 2.42. The zero-order chi connectivity index (χ0) is 14.8. The second-order valence-electron chi connectivity index (χ2n) is 4.96. The van der Waals surface area contributed by atoms with Crippen LogP contribution in [0.5, 0.6) is 5.75 Å². The van der Waals surface area contributed by atoms with Gasteiger partial charge in [0.15, 0.2) is 5.78 Å². The first-order valence-corrected chi connectivity index (χ1v) is 7.56. The molecule has 0 radical (unpaired) electrons. The number of aromatic carboxylic acids is 1. The van der Waals surface area contributed by atoms with Crippen LogP contribution >= 0.6 is 11.3 Å². The van der Waals surface area contributed by atoms with E-state index in [4.69, 9.17) is 9.84 Å². The number of carbonyl (C=O) groups excluding carboxylic acids is 1. The summed E-state index contributed by atoms with van der Waals surface area (Å²) >= 11 is 1.21. The Morgan fingerprint density at radius 2 is 2.10 bits per heavy atom. The normalized spacial score (nSPS) is 13.8. The lowest BCUT2D eigenvalue weighted by atomic mass is 9.91. The molecule has 0 aliphatic heterocycles. The van der Waals surface area contributed by atoms with Gasteiger partial charge >= 0.3 is 5.97 Å². The third-order valence-corrected chi connectivity index (χ3v) is 4.53. The number of hydrogen-bond acceptors (Lipinski definition) is 4. The quantitative estimate of drug-likeness (QED) is 0.938. The van der Waals surface area contributed by atoms with Crippen LogP contribution < -0.4 is 4.74 Å². The van der Waals surface area contributed by atoms with E-state index in [2.05, 4.69) is 0 Å². The molecule has 0 fully saturated rings. The Morgan fingerprint density at radius 1 is 1.24 bits per heavy atom. The average Bonchev–Trinajstić information content (AvgIpc) is 2.94. The summed E-state index contributed by atoms with van der Waals surface area (Å²) in [5, 5.41) is 8.88. The highest BCUT2D eigenvalue weighted by Gasteiger charge is 2.17. The molecule has 5 heteroatoms. The smallest absolute Gasteiger partial charge is 0.345 e. The van der Waals surface area contributed by atoms with Gasteiger partial charge in [0.1, 0.15) is 17.2 Å². The molecule has 0 bridgehead atoms. The van der Waals surface area contributed by atoms with Crippen molar-refractivity contribution in [1.82, 2.24) is 0 Å². The Labute approximate surface area is 126 Å². The summed E-state index contributed by atoms with van der Waals surface area (Å²) in [6.45, 7) is 0.338. The predicted octanol–water partition coefficient (Wildman–Crippen LogP) is 3.54. The molecule has 0 saturated carbocycles. The van der Waals surface area contributed by atoms with E-state index >= 15 is 0 Å². The summed E-state index contributed by atoms with van der Waals surface area (Å²) in [6, 6.07) is 8.88. The number of hydrogen-bond donors (Lipinski definition) is 1. The van der Waals surface area contributed by atoms with Crippen molar-refractivity contribution < 1.29 is 19.4 Å². The third-order valence-electron chi connectivity index (χ3n) is 3.48. The average molecular weight is 302 g/mol. The monoisotopic (exact) mass is 302 g/mol. The van der Waals surface area contributed by atoms with Crippen LogP contribution in [-0.4, -0.2) is 16.9 Å². The molecule has 0 unspecified atom stereocenters. The first-order valence-electron chi connectivity index (χ1n) is 6.74. The Hall–Kier alpha value is -2.14. The molecule has 1 N–H and O–H groups in total. The van der Waals surface area contributed by atoms with Gasteiger partial charge in [0, 0.05) is 16.9 Å². The number of carbonyl (C=O) groups is 2. The van der Waals surface area contributed by atoms with Crippen molar-refractivity contribution in [2.45, 2.75) is 25.9 Å². The van der Waals surface area contributed by atoms with Gasteiger partial charge in [-0.25, -0.2) is 4.79 Å². The summed E-state index contributed by atoms with van der Waals surface area (Å²) in [7, 11) is 0. The van der Waals surface area contributed by atoms with Crippen molar-refractivity contribution in [1.29, 1.82) is 0 Å². The molecule has 4 nitrogen and oxygen atoms in total. The molecule has 0 amide bonds. The minimum absolute atomic E-state index is 0.201. The maximum atomic E-state index is 11.7. The van der Waals surface area contributed by atoms with Gasteiger partial charge in [-0.1, -0.05) is 0 Å². The first-order chi connectivity index (χ1) is 10.1. The number of thiophene rings is 1. The Kier molecular flexibility index (Phi) is 3.75. The molecule has 0 atom stereocenters. The second-order valence-corrected chi connectivity index (χ2v) is 6.12. The van der Waals surface area contributed by atoms with Crippen molar-refractivity contribution in [3.05, 3.63) is 51.2 Å². The molecule has 1 aliphatic rings. The van der Waals surface area contributed by atoms with Crippen LogP contribution in [0.4, 0.5) is 0 Å². The largest absolute Gasteiger partial charge is 0.488 e. The fraction of sp³-hybridized carbons (Fsp3) is 0.250. The molecule has 3 rings (SSSR count). The molecular formula is C16H14O4S. The number of benzene rings is 1. The summed E-state index contributed by atoms with van der Waals surface area (Å²) in [5.74, 6) is -0.000532. The number of Topliss-reactive ketones (excluding diaryl/α,β-unsaturated/α-hetero) is 1.